The molecule has 1 fully saturated rings. The molecule has 0 spiro atoms. The molecule has 6 heteroatoms. The number of nitrogens with zero attached hydrogens (tertiary/aromatic N) is 2. The van der Waals surface area contributed by atoms with Gasteiger partial charge in [-0.1, -0.05) is 6.07 Å². The van der Waals surface area contributed by atoms with E-state index in [0.717, 1.165) is 25.0 Å². The lowest BCUT2D eigenvalue weighted by molar-refractivity contribution is -0.134. The summed E-state index contributed by atoms with van der Waals surface area (Å²) in [5, 5.41) is 10.1. The monoisotopic (exact) mass is 312 g/mol. The Labute approximate surface area is 129 Å². The van der Waals surface area contributed by atoms with Crippen LogP contribution in [0.25, 0.3) is 0 Å². The first kappa shape index (κ1) is 16.8. The van der Waals surface area contributed by atoms with Gasteiger partial charge in [0.05, 0.1) is 6.10 Å². The molecule has 22 heavy (non-hydrogen) atoms. The number of carbonyl (C=O) groups is 1. The lowest BCUT2D eigenvalue weighted by atomic mass is 9.95. The van der Waals surface area contributed by atoms with E-state index in [9.17, 15) is 18.7 Å². The van der Waals surface area contributed by atoms with Gasteiger partial charge in [0.25, 0.3) is 0 Å². The second-order valence-corrected chi connectivity index (χ2v) is 6.00. The van der Waals surface area contributed by atoms with E-state index in [4.69, 9.17) is 0 Å². The van der Waals surface area contributed by atoms with Crippen molar-refractivity contribution in [1.29, 1.82) is 0 Å². The van der Waals surface area contributed by atoms with E-state index in [1.54, 1.807) is 19.0 Å². The zero-order valence-electron chi connectivity index (χ0n) is 12.9. The van der Waals surface area contributed by atoms with Crippen molar-refractivity contribution in [3.8, 4) is 0 Å². The molecule has 0 saturated carbocycles. The predicted molar refractivity (Wildman–Crippen MR) is 79.2 cm³/mol. The van der Waals surface area contributed by atoms with Gasteiger partial charge >= 0.3 is 0 Å². The number of carbonyl (C=O) groups excluding carboxylic acids is 1. The molecule has 1 atom stereocenters. The fourth-order valence-corrected chi connectivity index (χ4v) is 2.80. The van der Waals surface area contributed by atoms with Crippen molar-refractivity contribution in [2.24, 2.45) is 5.92 Å². The number of amides is 1. The molecule has 0 aliphatic carbocycles. The number of rotatable bonds is 4. The Morgan fingerprint density at radius 3 is 2.50 bits per heavy atom. The lowest BCUT2D eigenvalue weighted by Crippen LogP contribution is -2.41. The first-order valence-corrected chi connectivity index (χ1v) is 7.45. The number of benzene rings is 1. The average molecular weight is 312 g/mol. The third kappa shape index (κ3) is 4.01. The van der Waals surface area contributed by atoms with Gasteiger partial charge in [-0.2, -0.15) is 0 Å². The summed E-state index contributed by atoms with van der Waals surface area (Å²) in [5.74, 6) is -1.70. The van der Waals surface area contributed by atoms with E-state index in [-0.39, 0.29) is 11.8 Å². The summed E-state index contributed by atoms with van der Waals surface area (Å²) in [7, 11) is 3.50. The number of aliphatic hydroxyl groups excluding tert-OH is 1. The van der Waals surface area contributed by atoms with Crippen molar-refractivity contribution in [2.75, 3.05) is 33.7 Å². The van der Waals surface area contributed by atoms with Gasteiger partial charge in [-0.25, -0.2) is 8.78 Å². The summed E-state index contributed by atoms with van der Waals surface area (Å²) < 4.78 is 26.1. The number of hydrogen-bond acceptors (Lipinski definition) is 3. The predicted octanol–water partition coefficient (Wildman–Crippen LogP) is 1.80. The molecule has 1 aromatic carbocycles. The Morgan fingerprint density at radius 2 is 1.95 bits per heavy atom. The molecule has 1 aliphatic heterocycles. The van der Waals surface area contributed by atoms with Gasteiger partial charge in [-0.05, 0) is 43.6 Å². The van der Waals surface area contributed by atoms with Gasteiger partial charge in [0.2, 0.25) is 5.91 Å². The van der Waals surface area contributed by atoms with Gasteiger partial charge < -0.3 is 14.9 Å². The van der Waals surface area contributed by atoms with Crippen molar-refractivity contribution in [2.45, 2.75) is 18.9 Å². The van der Waals surface area contributed by atoms with Gasteiger partial charge in [0.1, 0.15) is 0 Å². The average Bonchev–Trinajstić information content (AvgIpc) is 2.50. The highest BCUT2D eigenvalue weighted by Gasteiger charge is 2.27. The van der Waals surface area contributed by atoms with Crippen molar-refractivity contribution < 1.29 is 18.7 Å². The molecular weight excluding hydrogens is 290 g/mol. The van der Waals surface area contributed by atoms with Crippen LogP contribution in [0.15, 0.2) is 18.2 Å². The van der Waals surface area contributed by atoms with Crippen molar-refractivity contribution in [1.82, 2.24) is 9.80 Å². The molecule has 1 saturated heterocycles. The van der Waals surface area contributed by atoms with Crippen LogP contribution < -0.4 is 0 Å². The molecule has 0 aromatic heterocycles. The van der Waals surface area contributed by atoms with Crippen molar-refractivity contribution in [3.05, 3.63) is 35.4 Å². The second-order valence-electron chi connectivity index (χ2n) is 6.00. The Balaban J connectivity index is 1.87. The highest BCUT2D eigenvalue weighted by atomic mass is 19.2. The molecule has 0 radical (unpaired) electrons. The first-order valence-electron chi connectivity index (χ1n) is 7.45. The number of likely N-dealkylation sites (tertiary alicyclic amines) is 1. The SMILES string of the molecule is CN(C)C(=O)C1CCN(CC(O)c2ccc(F)c(F)c2)CC1. The molecule has 0 bridgehead atoms. The minimum atomic E-state index is -0.952. The number of β-amino-alcohol motifs (C(OH)–C–C–N with tert-alkyl or cyclic N) is 1. The lowest BCUT2D eigenvalue weighted by Gasteiger charge is -2.33. The van der Waals surface area contributed by atoms with E-state index in [2.05, 4.69) is 0 Å². The van der Waals surface area contributed by atoms with Crippen LogP contribution in [0, 0.1) is 17.6 Å². The maximum absolute atomic E-state index is 13.2. The number of piperidine rings is 1. The third-order valence-corrected chi connectivity index (χ3v) is 4.14. The summed E-state index contributed by atoms with van der Waals surface area (Å²) in [6.07, 6.45) is 0.638. The maximum atomic E-state index is 13.2. The standard InChI is InChI=1S/C16H22F2N2O2/c1-19(2)16(22)11-5-7-20(8-6-11)10-15(21)12-3-4-13(17)14(18)9-12/h3-4,9,11,15,21H,5-8,10H2,1-2H3. The molecular formula is C16H22F2N2O2. The molecule has 2 rings (SSSR count). The smallest absolute Gasteiger partial charge is 0.225 e. The van der Waals surface area contributed by atoms with E-state index in [0.29, 0.717) is 25.2 Å². The molecule has 1 unspecified atom stereocenters. The molecule has 1 heterocycles. The Morgan fingerprint density at radius 1 is 1.32 bits per heavy atom. The molecule has 1 amide bonds. The zero-order chi connectivity index (χ0) is 16.3. The Kier molecular flexibility index (Phi) is 5.47. The van der Waals surface area contributed by atoms with Crippen LogP contribution in [0.1, 0.15) is 24.5 Å². The number of aliphatic hydroxyl groups is 1. The summed E-state index contributed by atoms with van der Waals surface area (Å²) in [5.41, 5.74) is 0.366. The van der Waals surface area contributed by atoms with Crippen LogP contribution in [-0.2, 0) is 4.79 Å². The van der Waals surface area contributed by atoms with Gasteiger partial charge in [-0.3, -0.25) is 4.79 Å². The molecule has 4 nitrogen and oxygen atoms in total. The number of halogens is 2. The largest absolute Gasteiger partial charge is 0.387 e. The van der Waals surface area contributed by atoms with Gasteiger partial charge in [0, 0.05) is 26.6 Å². The summed E-state index contributed by atoms with van der Waals surface area (Å²) >= 11 is 0. The van der Waals surface area contributed by atoms with Crippen LogP contribution >= 0.6 is 0 Å². The Hall–Kier alpha value is -1.53. The first-order chi connectivity index (χ1) is 10.4. The fourth-order valence-electron chi connectivity index (χ4n) is 2.80. The van der Waals surface area contributed by atoms with E-state index >= 15 is 0 Å². The van der Waals surface area contributed by atoms with Gasteiger partial charge in [-0.15, -0.1) is 0 Å². The summed E-state index contributed by atoms with van der Waals surface area (Å²) in [6.45, 7) is 1.78. The zero-order valence-corrected chi connectivity index (χ0v) is 12.9. The van der Waals surface area contributed by atoms with Crippen LogP contribution in [0.4, 0.5) is 8.78 Å². The topological polar surface area (TPSA) is 43.8 Å². The molecule has 1 N–H and O–H groups in total. The van der Waals surface area contributed by atoms with E-state index in [1.165, 1.54) is 6.07 Å². The molecule has 1 aromatic rings. The number of hydrogen-bond donors (Lipinski definition) is 1. The van der Waals surface area contributed by atoms with Crippen LogP contribution in [0.5, 0.6) is 0 Å². The normalized spacial score (nSPS) is 18.2. The quantitative estimate of drug-likeness (QED) is 0.922. The third-order valence-electron chi connectivity index (χ3n) is 4.14. The van der Waals surface area contributed by atoms with E-state index in [1.807, 2.05) is 4.90 Å². The second kappa shape index (κ2) is 7.15. The summed E-state index contributed by atoms with van der Waals surface area (Å²) in [4.78, 5) is 15.6. The van der Waals surface area contributed by atoms with Crippen LogP contribution in [0.2, 0.25) is 0 Å². The van der Waals surface area contributed by atoms with E-state index < -0.39 is 17.7 Å². The summed E-state index contributed by atoms with van der Waals surface area (Å²) in [6, 6.07) is 3.45. The molecule has 1 aliphatic rings. The van der Waals surface area contributed by atoms with Gasteiger partial charge in [0.15, 0.2) is 11.6 Å². The highest BCUT2D eigenvalue weighted by Crippen LogP contribution is 2.22. The highest BCUT2D eigenvalue weighted by molar-refractivity contribution is 5.78. The van der Waals surface area contributed by atoms with Crippen molar-refractivity contribution >= 4 is 5.91 Å². The fraction of sp³-hybridized carbons (Fsp3) is 0.562. The van der Waals surface area contributed by atoms with Crippen molar-refractivity contribution in [3.63, 3.8) is 0 Å². The molecule has 122 valence electrons. The Bertz CT molecular complexity index is 529. The minimum absolute atomic E-state index is 0.0339. The van der Waals surface area contributed by atoms with Crippen LogP contribution in [0.3, 0.4) is 0 Å². The maximum Gasteiger partial charge on any atom is 0.225 e. The minimum Gasteiger partial charge on any atom is -0.387 e. The van der Waals surface area contributed by atoms with Crippen LogP contribution in [-0.4, -0.2) is 54.5 Å².